The maximum atomic E-state index is 14.0. The smallest absolute Gasteiger partial charge is 0.242 e. The molecule has 182 valence electrons. The van der Waals surface area contributed by atoms with E-state index in [1.165, 1.54) is 19.3 Å². The number of nitrogens with zero attached hydrogens (tertiary/aromatic N) is 2. The van der Waals surface area contributed by atoms with Crippen LogP contribution in [0.4, 0.5) is 0 Å². The molecule has 1 aromatic heterocycles. The molecule has 4 saturated carbocycles. The number of furan rings is 1. The van der Waals surface area contributed by atoms with Gasteiger partial charge in [0.25, 0.3) is 0 Å². The third kappa shape index (κ3) is 4.99. The van der Waals surface area contributed by atoms with Crippen LogP contribution in [-0.2, 0) is 25.6 Å². The number of amides is 2. The molecule has 1 unspecified atom stereocenters. The zero-order valence-electron chi connectivity index (χ0n) is 19.9. The quantitative estimate of drug-likeness (QED) is 0.537. The Balaban J connectivity index is 1.31. The minimum absolute atomic E-state index is 0.0453. The van der Waals surface area contributed by atoms with Gasteiger partial charge in [-0.3, -0.25) is 9.59 Å². The van der Waals surface area contributed by atoms with Crippen molar-refractivity contribution in [3.63, 3.8) is 0 Å². The minimum Gasteiger partial charge on any atom is -0.467 e. The van der Waals surface area contributed by atoms with Gasteiger partial charge >= 0.3 is 0 Å². The van der Waals surface area contributed by atoms with Crippen LogP contribution >= 0.6 is 0 Å². The number of methoxy groups -OCH3 is 1. The van der Waals surface area contributed by atoms with E-state index in [9.17, 15) is 9.59 Å². The summed E-state index contributed by atoms with van der Waals surface area (Å²) in [7, 11) is 1.65. The van der Waals surface area contributed by atoms with E-state index >= 15 is 0 Å². The highest BCUT2D eigenvalue weighted by Crippen LogP contribution is 2.60. The number of hydrogen-bond donors (Lipinski definition) is 0. The second-order valence-corrected chi connectivity index (χ2v) is 10.9. The van der Waals surface area contributed by atoms with Gasteiger partial charge in [0, 0.05) is 26.8 Å². The van der Waals surface area contributed by atoms with Gasteiger partial charge in [-0.25, -0.2) is 0 Å². The zero-order chi connectivity index (χ0) is 22.8. The van der Waals surface area contributed by atoms with Crippen LogP contribution in [0, 0.1) is 23.2 Å². The van der Waals surface area contributed by atoms with Gasteiger partial charge in [0.05, 0.1) is 37.5 Å². The lowest BCUT2D eigenvalue weighted by atomic mass is 9.49. The third-order valence-electron chi connectivity index (χ3n) is 8.40. The van der Waals surface area contributed by atoms with Crippen LogP contribution in [-0.4, -0.2) is 67.7 Å². The summed E-state index contributed by atoms with van der Waals surface area (Å²) in [5.74, 6) is 2.95. The van der Waals surface area contributed by atoms with Crippen molar-refractivity contribution in [1.82, 2.24) is 9.80 Å². The summed E-state index contributed by atoms with van der Waals surface area (Å²) < 4.78 is 16.7. The van der Waals surface area contributed by atoms with Crippen molar-refractivity contribution in [3.05, 3.63) is 24.2 Å². The predicted molar refractivity (Wildman–Crippen MR) is 122 cm³/mol. The number of carbonyl (C=O) groups is 2. The first kappa shape index (κ1) is 22.9. The topological polar surface area (TPSA) is 72.2 Å². The molecule has 1 atom stereocenters. The highest BCUT2D eigenvalue weighted by Gasteiger charge is 2.55. The minimum atomic E-state index is -0.261. The monoisotopic (exact) mass is 458 g/mol. The standard InChI is InChI=1S/C26H38N2O5/c1-31-9-6-27(25(30)26-13-19-10-20(14-26)12-21(11-19)15-26)18-24(29)28(16-22-4-2-7-32-22)17-23-5-3-8-33-23/h2,4,7,19-21,23H,3,5-6,8-18H2,1H3. The molecule has 0 spiro atoms. The van der Waals surface area contributed by atoms with Gasteiger partial charge in [0.15, 0.2) is 0 Å². The van der Waals surface area contributed by atoms with Gasteiger partial charge in [-0.2, -0.15) is 0 Å². The Bertz CT molecular complexity index is 781. The van der Waals surface area contributed by atoms with E-state index in [0.29, 0.717) is 44.0 Å². The van der Waals surface area contributed by atoms with E-state index in [0.717, 1.165) is 44.5 Å². The summed E-state index contributed by atoms with van der Waals surface area (Å²) in [6.07, 6.45) is 10.6. The fourth-order valence-corrected chi connectivity index (χ4v) is 7.30. The van der Waals surface area contributed by atoms with Crippen LogP contribution in [0.3, 0.4) is 0 Å². The van der Waals surface area contributed by atoms with Gasteiger partial charge in [0.1, 0.15) is 5.76 Å². The molecule has 7 nitrogen and oxygen atoms in total. The average Bonchev–Trinajstić information content (AvgIpc) is 3.49. The Morgan fingerprint density at radius 1 is 1.12 bits per heavy atom. The van der Waals surface area contributed by atoms with Gasteiger partial charge in [-0.15, -0.1) is 0 Å². The molecule has 1 saturated heterocycles. The normalized spacial score (nSPS) is 32.3. The first-order valence-electron chi connectivity index (χ1n) is 12.7. The van der Waals surface area contributed by atoms with Crippen LogP contribution in [0.1, 0.15) is 57.1 Å². The maximum absolute atomic E-state index is 14.0. The van der Waals surface area contributed by atoms with Crippen molar-refractivity contribution >= 4 is 11.8 Å². The molecular formula is C26H38N2O5. The molecule has 5 aliphatic rings. The number of ether oxygens (including phenoxy) is 2. The Labute approximate surface area is 196 Å². The van der Waals surface area contributed by atoms with E-state index in [1.54, 1.807) is 18.3 Å². The molecule has 4 aliphatic carbocycles. The lowest BCUT2D eigenvalue weighted by Gasteiger charge is -2.56. The van der Waals surface area contributed by atoms with Crippen molar-refractivity contribution < 1.29 is 23.5 Å². The summed E-state index contributed by atoms with van der Waals surface area (Å²) in [5.41, 5.74) is -0.261. The molecule has 0 aromatic carbocycles. The van der Waals surface area contributed by atoms with E-state index in [-0.39, 0.29) is 29.9 Å². The highest BCUT2D eigenvalue weighted by molar-refractivity contribution is 5.88. The molecular weight excluding hydrogens is 420 g/mol. The molecule has 7 heteroatoms. The predicted octanol–water partition coefficient (Wildman–Crippen LogP) is 3.48. The van der Waals surface area contributed by atoms with Gasteiger partial charge in [-0.05, 0) is 81.3 Å². The largest absolute Gasteiger partial charge is 0.467 e. The fraction of sp³-hybridized carbons (Fsp3) is 0.769. The van der Waals surface area contributed by atoms with E-state index in [2.05, 4.69) is 0 Å². The molecule has 4 bridgehead atoms. The number of carbonyl (C=O) groups excluding carboxylic acids is 2. The van der Waals surface area contributed by atoms with Crippen LogP contribution in [0.5, 0.6) is 0 Å². The van der Waals surface area contributed by atoms with Crippen LogP contribution in [0.15, 0.2) is 22.8 Å². The Kier molecular flexibility index (Phi) is 6.79. The van der Waals surface area contributed by atoms with Crippen molar-refractivity contribution in [2.75, 3.05) is 40.0 Å². The van der Waals surface area contributed by atoms with E-state index in [1.807, 2.05) is 17.0 Å². The Morgan fingerprint density at radius 2 is 1.85 bits per heavy atom. The summed E-state index contributed by atoms with van der Waals surface area (Å²) in [5, 5.41) is 0. The second kappa shape index (κ2) is 9.79. The number of rotatable bonds is 10. The van der Waals surface area contributed by atoms with Crippen LogP contribution in [0.2, 0.25) is 0 Å². The molecule has 1 aliphatic heterocycles. The molecule has 2 amide bonds. The van der Waals surface area contributed by atoms with Crippen molar-refractivity contribution in [1.29, 1.82) is 0 Å². The third-order valence-corrected chi connectivity index (χ3v) is 8.40. The Hall–Kier alpha value is -1.86. The van der Waals surface area contributed by atoms with Crippen molar-refractivity contribution in [3.8, 4) is 0 Å². The zero-order valence-corrected chi connectivity index (χ0v) is 19.9. The summed E-state index contributed by atoms with van der Waals surface area (Å²) in [4.78, 5) is 31.1. The fourth-order valence-electron chi connectivity index (χ4n) is 7.30. The number of hydrogen-bond acceptors (Lipinski definition) is 5. The molecule has 0 radical (unpaired) electrons. The summed E-state index contributed by atoms with van der Waals surface area (Å²) in [6, 6.07) is 3.73. The highest BCUT2D eigenvalue weighted by atomic mass is 16.5. The van der Waals surface area contributed by atoms with Crippen molar-refractivity contribution in [2.24, 2.45) is 23.2 Å². The SMILES string of the molecule is COCCN(CC(=O)N(Cc1ccco1)CC1CCCO1)C(=O)C12CC3CC(CC(C3)C1)C2. The first-order valence-corrected chi connectivity index (χ1v) is 12.7. The average molecular weight is 459 g/mol. The van der Waals surface area contributed by atoms with Gasteiger partial charge in [-0.1, -0.05) is 0 Å². The molecule has 2 heterocycles. The molecule has 33 heavy (non-hydrogen) atoms. The van der Waals surface area contributed by atoms with Crippen molar-refractivity contribution in [2.45, 2.75) is 64.0 Å². The molecule has 0 N–H and O–H groups in total. The van der Waals surface area contributed by atoms with Gasteiger partial charge < -0.3 is 23.7 Å². The lowest BCUT2D eigenvalue weighted by Crippen LogP contribution is -2.56. The molecule has 5 fully saturated rings. The molecule has 1 aromatic rings. The first-order chi connectivity index (χ1) is 16.0. The van der Waals surface area contributed by atoms with Crippen LogP contribution < -0.4 is 0 Å². The van der Waals surface area contributed by atoms with E-state index < -0.39 is 0 Å². The summed E-state index contributed by atoms with van der Waals surface area (Å²) >= 11 is 0. The maximum Gasteiger partial charge on any atom is 0.242 e. The lowest BCUT2D eigenvalue weighted by molar-refractivity contribution is -0.161. The molecule has 6 rings (SSSR count). The second-order valence-electron chi connectivity index (χ2n) is 10.9. The Morgan fingerprint density at radius 3 is 2.42 bits per heavy atom. The summed E-state index contributed by atoms with van der Waals surface area (Å²) in [6.45, 7) is 2.67. The van der Waals surface area contributed by atoms with Gasteiger partial charge in [0.2, 0.25) is 11.8 Å². The van der Waals surface area contributed by atoms with Crippen LogP contribution in [0.25, 0.3) is 0 Å². The van der Waals surface area contributed by atoms with E-state index in [4.69, 9.17) is 13.9 Å².